The Hall–Kier alpha value is -2.22. The highest BCUT2D eigenvalue weighted by Gasteiger charge is 2.18. The summed E-state index contributed by atoms with van der Waals surface area (Å²) in [5, 5.41) is 12.1. The van der Waals surface area contributed by atoms with Gasteiger partial charge in [-0.25, -0.2) is 0 Å². The number of nitrogens with zero attached hydrogens (tertiary/aromatic N) is 3. The number of methoxy groups -OCH3 is 1. The molecule has 7 nitrogen and oxygen atoms in total. The molecule has 1 saturated carbocycles. The van der Waals surface area contributed by atoms with E-state index in [1.54, 1.807) is 7.11 Å². The van der Waals surface area contributed by atoms with E-state index in [1.807, 2.05) is 35.9 Å². The van der Waals surface area contributed by atoms with E-state index in [2.05, 4.69) is 15.5 Å². The molecule has 0 unspecified atom stereocenters. The molecule has 0 bridgehead atoms. The molecule has 0 spiro atoms. The summed E-state index contributed by atoms with van der Waals surface area (Å²) in [6, 6.07) is 7.81. The summed E-state index contributed by atoms with van der Waals surface area (Å²) >= 11 is 1.39. The van der Waals surface area contributed by atoms with Gasteiger partial charge in [0.1, 0.15) is 6.61 Å². The lowest BCUT2D eigenvalue weighted by Gasteiger charge is -2.11. The van der Waals surface area contributed by atoms with Crippen LogP contribution in [0.15, 0.2) is 29.4 Å². The second-order valence-electron chi connectivity index (χ2n) is 6.23. The topological polar surface area (TPSA) is 78.3 Å². The lowest BCUT2D eigenvalue weighted by Crippen LogP contribution is -2.33. The summed E-state index contributed by atoms with van der Waals surface area (Å²) in [6.07, 6.45) is 4.59. The Morgan fingerprint density at radius 2 is 2.00 bits per heavy atom. The maximum atomic E-state index is 12.0. The second-order valence-corrected chi connectivity index (χ2v) is 7.18. The Labute approximate surface area is 157 Å². The summed E-state index contributed by atoms with van der Waals surface area (Å²) < 4.78 is 12.9. The minimum Gasteiger partial charge on any atom is -0.493 e. The molecule has 2 aromatic rings. The third-order valence-electron chi connectivity index (χ3n) is 4.40. The van der Waals surface area contributed by atoms with Gasteiger partial charge in [0, 0.05) is 13.1 Å². The van der Waals surface area contributed by atoms with Crippen LogP contribution in [0.4, 0.5) is 0 Å². The highest BCUT2D eigenvalue weighted by atomic mass is 32.2. The molecule has 0 aliphatic heterocycles. The van der Waals surface area contributed by atoms with Crippen LogP contribution < -0.4 is 14.8 Å². The van der Waals surface area contributed by atoms with Crippen molar-refractivity contribution in [2.24, 2.45) is 7.05 Å². The van der Waals surface area contributed by atoms with Crippen LogP contribution in [0.1, 0.15) is 31.5 Å². The molecule has 0 saturated heterocycles. The SMILES string of the molecule is COc1ccccc1OCc1nnc(SCC(=O)NC2CCCC2)n1C. The normalized spacial score (nSPS) is 14.4. The molecule has 0 atom stereocenters. The number of para-hydroxylation sites is 2. The number of benzene rings is 1. The van der Waals surface area contributed by atoms with Crippen LogP contribution in [0, 0.1) is 0 Å². The standard InChI is InChI=1S/C18H24N4O3S/c1-22-16(11-25-15-10-6-5-9-14(15)24-2)20-21-18(22)26-12-17(23)19-13-7-3-4-8-13/h5-6,9-10,13H,3-4,7-8,11-12H2,1-2H3,(H,19,23). The molecule has 1 amide bonds. The number of nitrogens with one attached hydrogen (secondary N) is 1. The smallest absolute Gasteiger partial charge is 0.230 e. The first kappa shape index (κ1) is 18.6. The number of thioether (sulfide) groups is 1. The van der Waals surface area contributed by atoms with Crippen molar-refractivity contribution in [1.82, 2.24) is 20.1 Å². The van der Waals surface area contributed by atoms with Gasteiger partial charge in [-0.2, -0.15) is 0 Å². The zero-order valence-corrected chi connectivity index (χ0v) is 15.9. The minimum atomic E-state index is 0.0525. The first-order valence-corrected chi connectivity index (χ1v) is 9.72. The van der Waals surface area contributed by atoms with Gasteiger partial charge >= 0.3 is 0 Å². The fourth-order valence-corrected chi connectivity index (χ4v) is 3.69. The summed E-state index contributed by atoms with van der Waals surface area (Å²) in [4.78, 5) is 12.0. The van der Waals surface area contributed by atoms with Crippen molar-refractivity contribution in [1.29, 1.82) is 0 Å². The first-order valence-electron chi connectivity index (χ1n) is 8.73. The number of ether oxygens (including phenoxy) is 2. The number of amides is 1. The van der Waals surface area contributed by atoms with Gasteiger partial charge in [0.2, 0.25) is 5.91 Å². The fourth-order valence-electron chi connectivity index (χ4n) is 2.95. The van der Waals surface area contributed by atoms with Gasteiger partial charge in [-0.3, -0.25) is 4.79 Å². The zero-order chi connectivity index (χ0) is 18.4. The van der Waals surface area contributed by atoms with Crippen LogP contribution in [-0.4, -0.2) is 39.6 Å². The van der Waals surface area contributed by atoms with Crippen molar-refractivity contribution in [3.05, 3.63) is 30.1 Å². The lowest BCUT2D eigenvalue weighted by molar-refractivity contribution is -0.119. The van der Waals surface area contributed by atoms with Gasteiger partial charge in [-0.15, -0.1) is 10.2 Å². The summed E-state index contributed by atoms with van der Waals surface area (Å²) in [5.74, 6) is 2.41. The van der Waals surface area contributed by atoms with Crippen molar-refractivity contribution in [3.8, 4) is 11.5 Å². The number of hydrogen-bond acceptors (Lipinski definition) is 6. The number of rotatable bonds is 8. The minimum absolute atomic E-state index is 0.0525. The van der Waals surface area contributed by atoms with E-state index < -0.39 is 0 Å². The number of carbonyl (C=O) groups excluding carboxylic acids is 1. The number of carbonyl (C=O) groups is 1. The van der Waals surface area contributed by atoms with Crippen molar-refractivity contribution in [2.45, 2.75) is 43.5 Å². The Morgan fingerprint density at radius 1 is 1.27 bits per heavy atom. The van der Waals surface area contributed by atoms with Gasteiger partial charge in [0.25, 0.3) is 0 Å². The third kappa shape index (κ3) is 4.69. The van der Waals surface area contributed by atoms with E-state index in [1.165, 1.54) is 24.6 Å². The van der Waals surface area contributed by atoms with E-state index in [0.29, 0.717) is 34.3 Å². The molecule has 140 valence electrons. The van der Waals surface area contributed by atoms with Gasteiger partial charge in [0.15, 0.2) is 22.5 Å². The average Bonchev–Trinajstić information content (AvgIpc) is 3.28. The van der Waals surface area contributed by atoms with E-state index in [0.717, 1.165) is 12.8 Å². The van der Waals surface area contributed by atoms with E-state index in [9.17, 15) is 4.79 Å². The Kier molecular flexibility index (Phi) is 6.38. The van der Waals surface area contributed by atoms with Crippen LogP contribution in [-0.2, 0) is 18.4 Å². The van der Waals surface area contributed by atoms with Crippen molar-refractivity contribution in [2.75, 3.05) is 12.9 Å². The van der Waals surface area contributed by atoms with E-state index in [-0.39, 0.29) is 12.5 Å². The third-order valence-corrected chi connectivity index (χ3v) is 5.42. The number of aromatic nitrogens is 3. The molecule has 3 rings (SSSR count). The molecule has 1 aliphatic rings. The number of hydrogen-bond donors (Lipinski definition) is 1. The molecular weight excluding hydrogens is 352 g/mol. The summed E-state index contributed by atoms with van der Waals surface area (Å²) in [5.41, 5.74) is 0. The van der Waals surface area contributed by atoms with Crippen molar-refractivity contribution in [3.63, 3.8) is 0 Å². The maximum absolute atomic E-state index is 12.0. The van der Waals surface area contributed by atoms with Gasteiger partial charge in [-0.05, 0) is 25.0 Å². The summed E-state index contributed by atoms with van der Waals surface area (Å²) in [7, 11) is 3.48. The molecule has 1 aromatic carbocycles. The molecule has 0 radical (unpaired) electrons. The van der Waals surface area contributed by atoms with Gasteiger partial charge in [0.05, 0.1) is 12.9 Å². The molecule has 26 heavy (non-hydrogen) atoms. The predicted octanol–water partition coefficient (Wildman–Crippen LogP) is 2.55. The van der Waals surface area contributed by atoms with Crippen LogP contribution in [0.5, 0.6) is 11.5 Å². The highest BCUT2D eigenvalue weighted by molar-refractivity contribution is 7.99. The largest absolute Gasteiger partial charge is 0.493 e. The zero-order valence-electron chi connectivity index (χ0n) is 15.1. The van der Waals surface area contributed by atoms with Crippen LogP contribution in [0.2, 0.25) is 0 Å². The van der Waals surface area contributed by atoms with Gasteiger partial charge in [-0.1, -0.05) is 36.7 Å². The molecule has 1 N–H and O–H groups in total. The van der Waals surface area contributed by atoms with Gasteiger partial charge < -0.3 is 19.4 Å². The second kappa shape index (κ2) is 8.93. The first-order chi connectivity index (χ1) is 12.7. The Bertz CT molecular complexity index is 744. The molecule has 1 heterocycles. The molecule has 1 fully saturated rings. The molecule has 8 heteroatoms. The maximum Gasteiger partial charge on any atom is 0.230 e. The van der Waals surface area contributed by atoms with Crippen LogP contribution >= 0.6 is 11.8 Å². The molecular formula is C18H24N4O3S. The predicted molar refractivity (Wildman–Crippen MR) is 99.5 cm³/mol. The van der Waals surface area contributed by atoms with Crippen LogP contribution in [0.3, 0.4) is 0 Å². The Balaban J connectivity index is 1.51. The molecule has 1 aromatic heterocycles. The Morgan fingerprint density at radius 3 is 2.73 bits per heavy atom. The highest BCUT2D eigenvalue weighted by Crippen LogP contribution is 2.26. The lowest BCUT2D eigenvalue weighted by atomic mass is 10.2. The average molecular weight is 376 g/mol. The molecule has 1 aliphatic carbocycles. The van der Waals surface area contributed by atoms with Crippen molar-refractivity contribution < 1.29 is 14.3 Å². The monoisotopic (exact) mass is 376 g/mol. The fraction of sp³-hybridized carbons (Fsp3) is 0.500. The quantitative estimate of drug-likeness (QED) is 0.714. The summed E-state index contributed by atoms with van der Waals surface area (Å²) in [6.45, 7) is 0.276. The van der Waals surface area contributed by atoms with E-state index in [4.69, 9.17) is 9.47 Å². The van der Waals surface area contributed by atoms with Crippen molar-refractivity contribution >= 4 is 17.7 Å². The van der Waals surface area contributed by atoms with E-state index >= 15 is 0 Å². The van der Waals surface area contributed by atoms with Crippen LogP contribution in [0.25, 0.3) is 0 Å².